The van der Waals surface area contributed by atoms with Gasteiger partial charge < -0.3 is 15.7 Å². The van der Waals surface area contributed by atoms with Crippen LogP contribution in [-0.4, -0.2) is 65.6 Å². The van der Waals surface area contributed by atoms with Crippen molar-refractivity contribution >= 4 is 34.4 Å². The molecule has 162 valence electrons. The summed E-state index contributed by atoms with van der Waals surface area (Å²) < 4.78 is 0. The fourth-order valence-corrected chi connectivity index (χ4v) is 4.49. The standard InChI is InChI=1S/C23H31N3O3S/c1-30-13-11-21(23(28)29)25-22(27)16-26(15-19-9-5-12-24-19)14-18-8-4-7-17-6-2-3-10-20(17)18/h2-4,6-8,10,19,21,24H,5,9,11-16H2,1H3,(H,25,27)(H,28,29)/t19-,21?/m0/s1. The summed E-state index contributed by atoms with van der Waals surface area (Å²) in [5.41, 5.74) is 1.18. The summed E-state index contributed by atoms with van der Waals surface area (Å²) in [4.78, 5) is 26.3. The molecule has 2 aromatic carbocycles. The normalized spacial score (nSPS) is 17.3. The number of hydrogen-bond acceptors (Lipinski definition) is 5. The van der Waals surface area contributed by atoms with E-state index in [0.717, 1.165) is 25.9 Å². The van der Waals surface area contributed by atoms with E-state index in [0.29, 0.717) is 24.8 Å². The molecule has 2 atom stereocenters. The Morgan fingerprint density at radius 1 is 1.27 bits per heavy atom. The first-order valence-corrected chi connectivity index (χ1v) is 11.9. The molecule has 1 aliphatic rings. The maximum Gasteiger partial charge on any atom is 0.326 e. The highest BCUT2D eigenvalue weighted by atomic mass is 32.2. The molecule has 1 heterocycles. The number of thioether (sulfide) groups is 1. The second-order valence-corrected chi connectivity index (χ2v) is 8.83. The number of amides is 1. The van der Waals surface area contributed by atoms with Gasteiger partial charge in [0.2, 0.25) is 5.91 Å². The van der Waals surface area contributed by atoms with Gasteiger partial charge >= 0.3 is 5.97 Å². The van der Waals surface area contributed by atoms with Crippen LogP contribution < -0.4 is 10.6 Å². The Balaban J connectivity index is 1.71. The number of nitrogens with one attached hydrogen (secondary N) is 2. The van der Waals surface area contributed by atoms with Crippen LogP contribution in [0.15, 0.2) is 42.5 Å². The summed E-state index contributed by atoms with van der Waals surface area (Å²) in [6.07, 6.45) is 4.60. The molecule has 0 saturated carbocycles. The van der Waals surface area contributed by atoms with Gasteiger partial charge in [-0.1, -0.05) is 42.5 Å². The lowest BCUT2D eigenvalue weighted by Gasteiger charge is -2.26. The molecule has 1 amide bonds. The van der Waals surface area contributed by atoms with Crippen LogP contribution in [0, 0.1) is 0 Å². The molecular formula is C23H31N3O3S. The van der Waals surface area contributed by atoms with Crippen LogP contribution in [0.2, 0.25) is 0 Å². The number of carbonyl (C=O) groups is 2. The summed E-state index contributed by atoms with van der Waals surface area (Å²) in [6, 6.07) is 14.0. The maximum atomic E-state index is 12.7. The van der Waals surface area contributed by atoms with Crippen molar-refractivity contribution in [2.75, 3.05) is 31.6 Å². The van der Waals surface area contributed by atoms with Gasteiger partial charge in [0.05, 0.1) is 6.54 Å². The van der Waals surface area contributed by atoms with Crippen LogP contribution in [-0.2, 0) is 16.1 Å². The minimum Gasteiger partial charge on any atom is -0.480 e. The molecule has 3 N–H and O–H groups in total. The first-order chi connectivity index (χ1) is 14.6. The Morgan fingerprint density at radius 2 is 2.07 bits per heavy atom. The molecular weight excluding hydrogens is 398 g/mol. The molecule has 0 aromatic heterocycles. The van der Waals surface area contributed by atoms with Crippen molar-refractivity contribution < 1.29 is 14.7 Å². The summed E-state index contributed by atoms with van der Waals surface area (Å²) in [7, 11) is 0. The van der Waals surface area contributed by atoms with Crippen LogP contribution in [0.25, 0.3) is 10.8 Å². The summed E-state index contributed by atoms with van der Waals surface area (Å²) >= 11 is 1.58. The number of carboxylic acids is 1. The second-order valence-electron chi connectivity index (χ2n) is 7.84. The molecule has 0 aliphatic carbocycles. The predicted octanol–water partition coefficient (Wildman–Crippen LogP) is 2.72. The number of nitrogens with zero attached hydrogens (tertiary/aromatic N) is 1. The van der Waals surface area contributed by atoms with Crippen LogP contribution in [0.4, 0.5) is 0 Å². The average molecular weight is 430 g/mol. The Morgan fingerprint density at radius 3 is 2.80 bits per heavy atom. The van der Waals surface area contributed by atoms with Crippen molar-refractivity contribution in [3.8, 4) is 0 Å². The summed E-state index contributed by atoms with van der Waals surface area (Å²) in [6.45, 7) is 2.61. The average Bonchev–Trinajstić information content (AvgIpc) is 3.24. The van der Waals surface area contributed by atoms with Gasteiger partial charge in [0.25, 0.3) is 0 Å². The summed E-state index contributed by atoms with van der Waals surface area (Å²) in [5.74, 6) is -0.514. The van der Waals surface area contributed by atoms with Crippen molar-refractivity contribution in [3.05, 3.63) is 48.0 Å². The molecule has 1 fully saturated rings. The third-order valence-electron chi connectivity index (χ3n) is 5.53. The van der Waals surface area contributed by atoms with Gasteiger partial charge in [-0.3, -0.25) is 9.69 Å². The number of hydrogen-bond donors (Lipinski definition) is 3. The SMILES string of the molecule is CSCCC(NC(=O)CN(Cc1cccc2ccccc12)C[C@@H]1CCCN1)C(=O)O. The second kappa shape index (κ2) is 11.3. The van der Waals surface area contributed by atoms with E-state index < -0.39 is 12.0 Å². The molecule has 1 unspecified atom stereocenters. The molecule has 0 radical (unpaired) electrons. The molecule has 6 nitrogen and oxygen atoms in total. The van der Waals surface area contributed by atoms with Gasteiger partial charge in [0.15, 0.2) is 0 Å². The quantitative estimate of drug-likeness (QED) is 0.510. The van der Waals surface area contributed by atoms with E-state index >= 15 is 0 Å². The molecule has 0 bridgehead atoms. The molecule has 7 heteroatoms. The Hall–Kier alpha value is -2.09. The largest absolute Gasteiger partial charge is 0.480 e. The summed E-state index contributed by atoms with van der Waals surface area (Å²) in [5, 5.41) is 18.0. The Kier molecular flexibility index (Phi) is 8.54. The van der Waals surface area contributed by atoms with Crippen LogP contribution >= 0.6 is 11.8 Å². The molecule has 1 saturated heterocycles. The van der Waals surface area contributed by atoms with Crippen LogP contribution in [0.5, 0.6) is 0 Å². The van der Waals surface area contributed by atoms with Crippen molar-refractivity contribution in [1.82, 2.24) is 15.5 Å². The topological polar surface area (TPSA) is 81.7 Å². The van der Waals surface area contributed by atoms with Gasteiger partial charge in [-0.25, -0.2) is 4.79 Å². The highest BCUT2D eigenvalue weighted by Crippen LogP contribution is 2.20. The fourth-order valence-electron chi connectivity index (χ4n) is 4.02. The molecule has 2 aromatic rings. The van der Waals surface area contributed by atoms with Gasteiger partial charge in [-0.15, -0.1) is 0 Å². The third-order valence-corrected chi connectivity index (χ3v) is 6.17. The molecule has 0 spiro atoms. The van der Waals surface area contributed by atoms with E-state index in [1.165, 1.54) is 16.3 Å². The number of benzene rings is 2. The van der Waals surface area contributed by atoms with E-state index in [2.05, 4.69) is 39.8 Å². The van der Waals surface area contributed by atoms with E-state index in [-0.39, 0.29) is 12.5 Å². The molecule has 30 heavy (non-hydrogen) atoms. The number of aliphatic carboxylic acids is 1. The van der Waals surface area contributed by atoms with E-state index in [4.69, 9.17) is 0 Å². The van der Waals surface area contributed by atoms with Crippen molar-refractivity contribution in [1.29, 1.82) is 0 Å². The number of carbonyl (C=O) groups excluding carboxylic acids is 1. The number of carboxylic acid groups (broad SMARTS) is 1. The van der Waals surface area contributed by atoms with Gasteiger partial charge in [0, 0.05) is 19.1 Å². The zero-order chi connectivity index (χ0) is 21.3. The van der Waals surface area contributed by atoms with Crippen LogP contribution in [0.3, 0.4) is 0 Å². The smallest absolute Gasteiger partial charge is 0.326 e. The minimum atomic E-state index is -0.976. The maximum absolute atomic E-state index is 12.7. The predicted molar refractivity (Wildman–Crippen MR) is 123 cm³/mol. The van der Waals surface area contributed by atoms with Crippen LogP contribution in [0.1, 0.15) is 24.8 Å². The lowest BCUT2D eigenvalue weighted by molar-refractivity contribution is -0.142. The fraction of sp³-hybridized carbons (Fsp3) is 0.478. The number of rotatable bonds is 11. The third kappa shape index (κ3) is 6.45. The molecule has 1 aliphatic heterocycles. The molecule has 3 rings (SSSR count). The zero-order valence-electron chi connectivity index (χ0n) is 17.5. The van der Waals surface area contributed by atoms with Crippen molar-refractivity contribution in [3.63, 3.8) is 0 Å². The van der Waals surface area contributed by atoms with E-state index in [1.54, 1.807) is 11.8 Å². The lowest BCUT2D eigenvalue weighted by atomic mass is 10.0. The van der Waals surface area contributed by atoms with Gasteiger partial charge in [-0.05, 0) is 54.2 Å². The van der Waals surface area contributed by atoms with E-state index in [9.17, 15) is 14.7 Å². The van der Waals surface area contributed by atoms with Crippen molar-refractivity contribution in [2.45, 2.75) is 37.9 Å². The van der Waals surface area contributed by atoms with Crippen molar-refractivity contribution in [2.24, 2.45) is 0 Å². The van der Waals surface area contributed by atoms with Gasteiger partial charge in [0.1, 0.15) is 6.04 Å². The lowest BCUT2D eigenvalue weighted by Crippen LogP contribution is -2.47. The Bertz CT molecular complexity index is 849. The first-order valence-electron chi connectivity index (χ1n) is 10.5. The zero-order valence-corrected chi connectivity index (χ0v) is 18.3. The minimum absolute atomic E-state index is 0.185. The Labute approximate surface area is 182 Å². The monoisotopic (exact) mass is 429 g/mol. The first kappa shape index (κ1) is 22.6. The highest BCUT2D eigenvalue weighted by molar-refractivity contribution is 7.98. The number of fused-ring (bicyclic) bond motifs is 1. The van der Waals surface area contributed by atoms with E-state index in [1.807, 2.05) is 24.5 Å². The van der Waals surface area contributed by atoms with Gasteiger partial charge in [-0.2, -0.15) is 11.8 Å². The highest BCUT2D eigenvalue weighted by Gasteiger charge is 2.23.